The molecule has 0 unspecified atom stereocenters. The molecule has 13 heavy (non-hydrogen) atoms. The van der Waals surface area contributed by atoms with Gasteiger partial charge in [0.15, 0.2) is 0 Å². The monoisotopic (exact) mass is 235 g/mol. The average molecular weight is 236 g/mol. The zero-order valence-electron chi connectivity index (χ0n) is 6.75. The van der Waals surface area contributed by atoms with Gasteiger partial charge in [0, 0.05) is 10.9 Å². The van der Waals surface area contributed by atoms with Crippen molar-refractivity contribution in [3.8, 4) is 6.07 Å². The Morgan fingerprint density at radius 3 is 3.08 bits per heavy atom. The van der Waals surface area contributed by atoms with Crippen LogP contribution in [0.4, 0.5) is 0 Å². The molecule has 0 saturated heterocycles. The minimum absolute atomic E-state index is 0.386. The van der Waals surface area contributed by atoms with Crippen LogP contribution in [-0.4, -0.2) is 0 Å². The van der Waals surface area contributed by atoms with E-state index >= 15 is 0 Å². The third-order valence-electron chi connectivity index (χ3n) is 1.90. The maximum Gasteiger partial charge on any atom is 0.139 e. The molecule has 1 aromatic carbocycles. The van der Waals surface area contributed by atoms with Gasteiger partial charge in [-0.15, -0.1) is 0 Å². The van der Waals surface area contributed by atoms with Crippen LogP contribution in [0, 0.1) is 11.3 Å². The van der Waals surface area contributed by atoms with Gasteiger partial charge in [0.1, 0.15) is 11.8 Å². The second kappa shape index (κ2) is 3.23. The zero-order valence-corrected chi connectivity index (χ0v) is 8.34. The van der Waals surface area contributed by atoms with E-state index in [4.69, 9.17) is 9.68 Å². The fourth-order valence-electron chi connectivity index (χ4n) is 1.31. The van der Waals surface area contributed by atoms with Crippen LogP contribution in [0.2, 0.25) is 0 Å². The second-order valence-corrected chi connectivity index (χ2v) is 3.57. The molecule has 0 saturated carbocycles. The van der Waals surface area contributed by atoms with Crippen LogP contribution in [0.5, 0.6) is 0 Å². The lowest BCUT2D eigenvalue weighted by Crippen LogP contribution is -1.80. The topological polar surface area (TPSA) is 36.9 Å². The molecule has 2 rings (SSSR count). The van der Waals surface area contributed by atoms with Crippen molar-refractivity contribution in [2.45, 2.75) is 6.42 Å². The predicted molar refractivity (Wildman–Crippen MR) is 53.2 cm³/mol. The zero-order chi connectivity index (χ0) is 9.26. The number of benzene rings is 1. The number of hydrogen-bond acceptors (Lipinski definition) is 2. The molecule has 0 N–H and O–H groups in total. The molecule has 0 bridgehead atoms. The summed E-state index contributed by atoms with van der Waals surface area (Å²) in [5.74, 6) is 0. The number of nitriles is 1. The first-order valence-electron chi connectivity index (χ1n) is 3.84. The standard InChI is InChI=1S/C10H6BrNO/c11-9-6-13-10-7(4-5-12)2-1-3-8(9)10/h1-3,6H,4H2. The van der Waals surface area contributed by atoms with Gasteiger partial charge in [0.25, 0.3) is 0 Å². The van der Waals surface area contributed by atoms with Gasteiger partial charge in [-0.3, -0.25) is 0 Å². The van der Waals surface area contributed by atoms with Crippen molar-refractivity contribution in [1.29, 1.82) is 5.26 Å². The lowest BCUT2D eigenvalue weighted by atomic mass is 10.1. The Balaban J connectivity index is 2.71. The van der Waals surface area contributed by atoms with E-state index in [0.29, 0.717) is 6.42 Å². The molecule has 0 aliphatic carbocycles. The van der Waals surface area contributed by atoms with Crippen molar-refractivity contribution in [2.24, 2.45) is 0 Å². The number of fused-ring (bicyclic) bond motifs is 1. The lowest BCUT2D eigenvalue weighted by Gasteiger charge is -1.94. The fourth-order valence-corrected chi connectivity index (χ4v) is 1.72. The van der Waals surface area contributed by atoms with Crippen molar-refractivity contribution in [3.63, 3.8) is 0 Å². The molecule has 1 heterocycles. The second-order valence-electron chi connectivity index (χ2n) is 2.71. The summed E-state index contributed by atoms with van der Waals surface area (Å²) in [6, 6.07) is 7.90. The van der Waals surface area contributed by atoms with Crippen LogP contribution < -0.4 is 0 Å². The molecule has 3 heteroatoms. The first-order chi connectivity index (χ1) is 6.33. The van der Waals surface area contributed by atoms with Crippen LogP contribution in [0.3, 0.4) is 0 Å². The van der Waals surface area contributed by atoms with Gasteiger partial charge in [0.2, 0.25) is 0 Å². The van der Waals surface area contributed by atoms with Crippen LogP contribution >= 0.6 is 15.9 Å². The van der Waals surface area contributed by atoms with E-state index in [9.17, 15) is 0 Å². The SMILES string of the molecule is N#CCc1cccc2c(Br)coc12. The summed E-state index contributed by atoms with van der Waals surface area (Å²) in [7, 11) is 0. The number of rotatable bonds is 1. The molecule has 0 spiro atoms. The summed E-state index contributed by atoms with van der Waals surface area (Å²) in [4.78, 5) is 0. The third kappa shape index (κ3) is 1.34. The molecule has 0 amide bonds. The number of nitrogens with zero attached hydrogens (tertiary/aromatic N) is 1. The van der Waals surface area contributed by atoms with Gasteiger partial charge < -0.3 is 4.42 Å². The van der Waals surface area contributed by atoms with E-state index in [0.717, 1.165) is 21.0 Å². The molecular formula is C10H6BrNO. The van der Waals surface area contributed by atoms with Crippen molar-refractivity contribution in [3.05, 3.63) is 34.5 Å². The highest BCUT2D eigenvalue weighted by molar-refractivity contribution is 9.10. The van der Waals surface area contributed by atoms with Gasteiger partial charge in [-0.2, -0.15) is 5.26 Å². The van der Waals surface area contributed by atoms with Crippen molar-refractivity contribution in [1.82, 2.24) is 0 Å². The maximum absolute atomic E-state index is 8.58. The van der Waals surface area contributed by atoms with E-state index in [2.05, 4.69) is 22.0 Å². The van der Waals surface area contributed by atoms with E-state index in [1.54, 1.807) is 6.26 Å². The maximum atomic E-state index is 8.58. The van der Waals surface area contributed by atoms with Gasteiger partial charge in [-0.25, -0.2) is 0 Å². The van der Waals surface area contributed by atoms with E-state index in [-0.39, 0.29) is 0 Å². The average Bonchev–Trinajstić information content (AvgIpc) is 2.50. The first-order valence-corrected chi connectivity index (χ1v) is 4.64. The Hall–Kier alpha value is -1.27. The molecule has 64 valence electrons. The molecule has 0 aliphatic heterocycles. The largest absolute Gasteiger partial charge is 0.463 e. The smallest absolute Gasteiger partial charge is 0.139 e. The normalized spacial score (nSPS) is 10.2. The van der Waals surface area contributed by atoms with Gasteiger partial charge in [-0.1, -0.05) is 12.1 Å². The number of furan rings is 1. The molecule has 0 aliphatic rings. The van der Waals surface area contributed by atoms with E-state index in [1.165, 1.54) is 0 Å². The Morgan fingerprint density at radius 2 is 2.31 bits per heavy atom. The molecule has 0 atom stereocenters. The quantitative estimate of drug-likeness (QED) is 0.761. The molecule has 0 radical (unpaired) electrons. The van der Waals surface area contributed by atoms with Crippen LogP contribution in [-0.2, 0) is 6.42 Å². The number of para-hydroxylation sites is 1. The Morgan fingerprint density at radius 1 is 1.46 bits per heavy atom. The number of halogens is 1. The van der Waals surface area contributed by atoms with Crippen molar-refractivity contribution in [2.75, 3.05) is 0 Å². The van der Waals surface area contributed by atoms with Crippen LogP contribution in [0.1, 0.15) is 5.56 Å². The van der Waals surface area contributed by atoms with Gasteiger partial charge >= 0.3 is 0 Å². The predicted octanol–water partition coefficient (Wildman–Crippen LogP) is 3.26. The molecular weight excluding hydrogens is 230 g/mol. The minimum Gasteiger partial charge on any atom is -0.463 e. The molecule has 0 fully saturated rings. The van der Waals surface area contributed by atoms with E-state index in [1.807, 2.05) is 18.2 Å². The molecule has 2 nitrogen and oxygen atoms in total. The molecule has 2 aromatic rings. The summed E-state index contributed by atoms with van der Waals surface area (Å²) in [5, 5.41) is 9.60. The van der Waals surface area contributed by atoms with Crippen LogP contribution in [0.25, 0.3) is 11.0 Å². The fraction of sp³-hybridized carbons (Fsp3) is 0.100. The number of hydrogen-bond donors (Lipinski definition) is 0. The van der Waals surface area contributed by atoms with Crippen LogP contribution in [0.15, 0.2) is 33.4 Å². The van der Waals surface area contributed by atoms with E-state index < -0.39 is 0 Å². The highest BCUT2D eigenvalue weighted by atomic mass is 79.9. The van der Waals surface area contributed by atoms with Gasteiger partial charge in [-0.05, 0) is 22.0 Å². The summed E-state index contributed by atoms with van der Waals surface area (Å²) < 4.78 is 6.27. The summed E-state index contributed by atoms with van der Waals surface area (Å²) in [6.45, 7) is 0. The minimum atomic E-state index is 0.386. The first kappa shape index (κ1) is 8.33. The summed E-state index contributed by atoms with van der Waals surface area (Å²) in [5.41, 5.74) is 1.74. The lowest BCUT2D eigenvalue weighted by molar-refractivity contribution is 0.610. The summed E-state index contributed by atoms with van der Waals surface area (Å²) >= 11 is 3.38. The van der Waals surface area contributed by atoms with Crippen molar-refractivity contribution < 1.29 is 4.42 Å². The van der Waals surface area contributed by atoms with Gasteiger partial charge in [0.05, 0.1) is 17.0 Å². The van der Waals surface area contributed by atoms with Crippen molar-refractivity contribution >= 4 is 26.9 Å². The Bertz CT molecular complexity index is 481. The Kier molecular flexibility index (Phi) is 2.07. The highest BCUT2D eigenvalue weighted by Crippen LogP contribution is 2.28. The Labute approximate surface area is 83.9 Å². The highest BCUT2D eigenvalue weighted by Gasteiger charge is 2.06. The summed E-state index contributed by atoms with van der Waals surface area (Å²) in [6.07, 6.45) is 2.03. The third-order valence-corrected chi connectivity index (χ3v) is 2.52. The molecule has 1 aromatic heterocycles.